The summed E-state index contributed by atoms with van der Waals surface area (Å²) in [4.78, 5) is 13.2. The standard InChI is InChI=1S/C22H21N5O4S/c1-13-6-20(17-11-30-12-17)25-14(2)21(13)31-22-19(27-32(3,28)29)5-4-18(26-22)16-7-15(8-23)9-24-10-16/h4-7,9-10,17,27H,11-12H2,1-3H3. The van der Waals surface area contributed by atoms with Crippen LogP contribution < -0.4 is 9.46 Å². The van der Waals surface area contributed by atoms with Crippen molar-refractivity contribution in [3.63, 3.8) is 0 Å². The molecule has 164 valence electrons. The van der Waals surface area contributed by atoms with Gasteiger partial charge in [-0.1, -0.05) is 0 Å². The Bertz CT molecular complexity index is 1310. The van der Waals surface area contributed by atoms with Crippen molar-refractivity contribution in [2.45, 2.75) is 19.8 Å². The zero-order valence-electron chi connectivity index (χ0n) is 17.8. The monoisotopic (exact) mass is 451 g/mol. The minimum atomic E-state index is -3.57. The minimum absolute atomic E-state index is 0.0722. The molecule has 10 heteroatoms. The predicted molar refractivity (Wildman–Crippen MR) is 118 cm³/mol. The molecule has 3 aromatic rings. The van der Waals surface area contributed by atoms with Gasteiger partial charge in [0.25, 0.3) is 0 Å². The molecule has 1 fully saturated rings. The van der Waals surface area contributed by atoms with E-state index in [1.807, 2.05) is 26.0 Å². The molecule has 0 aromatic carbocycles. The third kappa shape index (κ3) is 4.69. The number of nitrogens with zero attached hydrogens (tertiary/aromatic N) is 4. The maximum Gasteiger partial charge on any atom is 0.244 e. The van der Waals surface area contributed by atoms with Crippen molar-refractivity contribution in [3.8, 4) is 29.0 Å². The summed E-state index contributed by atoms with van der Waals surface area (Å²) in [5.41, 5.74) is 4.12. The van der Waals surface area contributed by atoms with Crippen molar-refractivity contribution in [2.75, 3.05) is 24.2 Å². The molecular weight excluding hydrogens is 430 g/mol. The van der Waals surface area contributed by atoms with Gasteiger partial charge in [-0.25, -0.2) is 13.4 Å². The van der Waals surface area contributed by atoms with E-state index in [-0.39, 0.29) is 17.5 Å². The van der Waals surface area contributed by atoms with Crippen LogP contribution in [-0.2, 0) is 14.8 Å². The second-order valence-electron chi connectivity index (χ2n) is 7.61. The molecule has 0 unspecified atom stereocenters. The normalized spacial score (nSPS) is 13.8. The maximum atomic E-state index is 11.9. The highest BCUT2D eigenvalue weighted by Crippen LogP contribution is 2.35. The molecule has 0 bridgehead atoms. The molecule has 1 N–H and O–H groups in total. The number of nitriles is 1. The lowest BCUT2D eigenvalue weighted by molar-refractivity contribution is 0.00662. The van der Waals surface area contributed by atoms with Crippen LogP contribution in [0.1, 0.15) is 28.4 Å². The average Bonchev–Trinajstić information content (AvgIpc) is 2.69. The van der Waals surface area contributed by atoms with Gasteiger partial charge in [-0.15, -0.1) is 0 Å². The van der Waals surface area contributed by atoms with E-state index in [1.165, 1.54) is 6.20 Å². The lowest BCUT2D eigenvalue weighted by Crippen LogP contribution is -2.26. The van der Waals surface area contributed by atoms with Crippen molar-refractivity contribution >= 4 is 15.7 Å². The van der Waals surface area contributed by atoms with Crippen LogP contribution in [-0.4, -0.2) is 42.8 Å². The van der Waals surface area contributed by atoms with Crippen molar-refractivity contribution in [1.29, 1.82) is 5.26 Å². The SMILES string of the molecule is Cc1cc(C2COC2)nc(C)c1Oc1nc(-c2cncc(C#N)c2)ccc1NS(C)(=O)=O. The van der Waals surface area contributed by atoms with Gasteiger partial charge in [0.2, 0.25) is 15.9 Å². The van der Waals surface area contributed by atoms with E-state index >= 15 is 0 Å². The van der Waals surface area contributed by atoms with Crippen LogP contribution in [0, 0.1) is 25.2 Å². The summed E-state index contributed by atoms with van der Waals surface area (Å²) in [5.74, 6) is 0.840. The van der Waals surface area contributed by atoms with Gasteiger partial charge in [-0.2, -0.15) is 5.26 Å². The van der Waals surface area contributed by atoms with Gasteiger partial charge in [0.05, 0.1) is 36.4 Å². The molecule has 1 aliphatic rings. The summed E-state index contributed by atoms with van der Waals surface area (Å²) >= 11 is 0. The van der Waals surface area contributed by atoms with Crippen LogP contribution in [0.15, 0.2) is 36.7 Å². The third-order valence-corrected chi connectivity index (χ3v) is 5.51. The first kappa shape index (κ1) is 21.7. The van der Waals surface area contributed by atoms with E-state index in [0.29, 0.717) is 41.5 Å². The number of aryl methyl sites for hydroxylation is 2. The lowest BCUT2D eigenvalue weighted by atomic mass is 10.0. The number of hydrogen-bond acceptors (Lipinski definition) is 8. The summed E-state index contributed by atoms with van der Waals surface area (Å²) < 4.78 is 37.5. The fourth-order valence-electron chi connectivity index (χ4n) is 3.31. The van der Waals surface area contributed by atoms with Crippen molar-refractivity contribution < 1.29 is 17.9 Å². The Labute approximate surface area is 186 Å². The number of pyridine rings is 3. The molecule has 0 saturated carbocycles. The number of aromatic nitrogens is 3. The van der Waals surface area contributed by atoms with E-state index in [0.717, 1.165) is 17.5 Å². The Morgan fingerprint density at radius 3 is 2.59 bits per heavy atom. The molecular formula is C22H21N5O4S. The van der Waals surface area contributed by atoms with E-state index in [4.69, 9.17) is 14.7 Å². The minimum Gasteiger partial charge on any atom is -0.435 e. The zero-order valence-corrected chi connectivity index (χ0v) is 18.6. The molecule has 9 nitrogen and oxygen atoms in total. The predicted octanol–water partition coefficient (Wildman–Crippen LogP) is 3.30. The molecule has 0 aliphatic carbocycles. The van der Waals surface area contributed by atoms with Gasteiger partial charge >= 0.3 is 0 Å². The van der Waals surface area contributed by atoms with Gasteiger partial charge in [-0.3, -0.25) is 14.7 Å². The summed E-state index contributed by atoms with van der Waals surface area (Å²) in [7, 11) is -3.57. The van der Waals surface area contributed by atoms with Crippen LogP contribution in [0.2, 0.25) is 0 Å². The molecule has 0 amide bonds. The van der Waals surface area contributed by atoms with Gasteiger partial charge in [0.1, 0.15) is 11.8 Å². The fourth-order valence-corrected chi connectivity index (χ4v) is 3.87. The molecule has 0 radical (unpaired) electrons. The highest BCUT2D eigenvalue weighted by molar-refractivity contribution is 7.92. The first-order valence-corrected chi connectivity index (χ1v) is 11.7. The van der Waals surface area contributed by atoms with Crippen LogP contribution in [0.25, 0.3) is 11.3 Å². The quantitative estimate of drug-likeness (QED) is 0.605. The van der Waals surface area contributed by atoms with Crippen LogP contribution in [0.4, 0.5) is 5.69 Å². The van der Waals surface area contributed by atoms with Crippen molar-refractivity contribution in [2.24, 2.45) is 0 Å². The highest BCUT2D eigenvalue weighted by atomic mass is 32.2. The fraction of sp³-hybridized carbons (Fsp3) is 0.273. The van der Waals surface area contributed by atoms with E-state index in [9.17, 15) is 8.42 Å². The number of sulfonamides is 1. The van der Waals surface area contributed by atoms with Crippen LogP contribution in [0.5, 0.6) is 11.6 Å². The average molecular weight is 452 g/mol. The molecule has 0 spiro atoms. The maximum absolute atomic E-state index is 11.9. The van der Waals surface area contributed by atoms with E-state index in [1.54, 1.807) is 24.4 Å². The summed E-state index contributed by atoms with van der Waals surface area (Å²) in [6, 6.07) is 8.84. The Balaban J connectivity index is 1.76. The van der Waals surface area contributed by atoms with Gasteiger partial charge in [0.15, 0.2) is 5.75 Å². The third-order valence-electron chi connectivity index (χ3n) is 4.92. The molecule has 1 saturated heterocycles. The van der Waals surface area contributed by atoms with Crippen molar-refractivity contribution in [3.05, 3.63) is 59.2 Å². The number of nitrogens with one attached hydrogen (secondary N) is 1. The summed E-state index contributed by atoms with van der Waals surface area (Å²) in [5, 5.41) is 9.15. The van der Waals surface area contributed by atoms with Crippen LogP contribution >= 0.6 is 0 Å². The molecule has 32 heavy (non-hydrogen) atoms. The number of ether oxygens (including phenoxy) is 2. The lowest BCUT2D eigenvalue weighted by Gasteiger charge is -2.26. The van der Waals surface area contributed by atoms with Gasteiger partial charge in [-0.05, 0) is 43.7 Å². The van der Waals surface area contributed by atoms with E-state index in [2.05, 4.69) is 19.7 Å². The number of hydrogen-bond donors (Lipinski definition) is 1. The number of rotatable bonds is 6. The first-order valence-electron chi connectivity index (χ1n) is 9.81. The smallest absolute Gasteiger partial charge is 0.244 e. The van der Waals surface area contributed by atoms with Crippen molar-refractivity contribution in [1.82, 2.24) is 15.0 Å². The largest absolute Gasteiger partial charge is 0.435 e. The molecule has 4 heterocycles. The summed E-state index contributed by atoms with van der Waals surface area (Å²) in [6.45, 7) is 5.03. The second kappa shape index (κ2) is 8.53. The first-order chi connectivity index (χ1) is 15.2. The Hall–Kier alpha value is -3.55. The Kier molecular flexibility index (Phi) is 5.78. The zero-order chi connectivity index (χ0) is 22.9. The summed E-state index contributed by atoms with van der Waals surface area (Å²) in [6.07, 6.45) is 4.08. The second-order valence-corrected chi connectivity index (χ2v) is 9.36. The van der Waals surface area contributed by atoms with Gasteiger partial charge in [0, 0.05) is 29.6 Å². The Morgan fingerprint density at radius 2 is 1.97 bits per heavy atom. The van der Waals surface area contributed by atoms with Gasteiger partial charge < -0.3 is 9.47 Å². The van der Waals surface area contributed by atoms with Crippen LogP contribution in [0.3, 0.4) is 0 Å². The molecule has 3 aromatic heterocycles. The topological polar surface area (TPSA) is 127 Å². The molecule has 0 atom stereocenters. The number of anilines is 1. The van der Waals surface area contributed by atoms with E-state index < -0.39 is 10.0 Å². The Morgan fingerprint density at radius 1 is 1.19 bits per heavy atom. The highest BCUT2D eigenvalue weighted by Gasteiger charge is 2.24. The molecule has 1 aliphatic heterocycles. The molecule has 4 rings (SSSR count).